The maximum atomic E-state index is 12.4. The minimum atomic E-state index is -0.353. The number of amides is 1. The van der Waals surface area contributed by atoms with Gasteiger partial charge in [-0.15, -0.1) is 12.4 Å². The van der Waals surface area contributed by atoms with Crippen molar-refractivity contribution in [1.82, 2.24) is 14.7 Å². The summed E-state index contributed by atoms with van der Waals surface area (Å²) < 4.78 is 0. The molecule has 0 bridgehead atoms. The first-order valence-electron chi connectivity index (χ1n) is 9.50. The second-order valence-corrected chi connectivity index (χ2v) is 7.30. The van der Waals surface area contributed by atoms with Crippen LogP contribution in [0.15, 0.2) is 30.3 Å². The fourth-order valence-corrected chi connectivity index (χ4v) is 3.19. The molecule has 148 valence electrons. The highest BCUT2D eigenvalue weighted by molar-refractivity contribution is 5.85. The molecule has 2 rings (SSSR count). The van der Waals surface area contributed by atoms with Crippen LogP contribution in [-0.2, 0) is 11.3 Å². The molecule has 5 nitrogen and oxygen atoms in total. The molecule has 1 amide bonds. The van der Waals surface area contributed by atoms with Crippen LogP contribution in [0, 0.1) is 5.92 Å². The molecule has 1 fully saturated rings. The third-order valence-electron chi connectivity index (χ3n) is 5.32. The number of rotatable bonds is 8. The fraction of sp³-hybridized carbons (Fsp3) is 0.650. The topological polar surface area (TPSA) is 52.8 Å². The lowest BCUT2D eigenvalue weighted by molar-refractivity contribution is -0.135. The third-order valence-corrected chi connectivity index (χ3v) is 5.32. The van der Waals surface area contributed by atoms with Gasteiger partial charge in [0.1, 0.15) is 0 Å². The Hall–Kier alpha value is -1.14. The summed E-state index contributed by atoms with van der Waals surface area (Å²) in [5, 5.41) is 0. The minimum Gasteiger partial charge on any atom is -0.339 e. The highest BCUT2D eigenvalue weighted by Crippen LogP contribution is 2.11. The van der Waals surface area contributed by atoms with Crippen molar-refractivity contribution in [2.75, 3.05) is 46.3 Å². The van der Waals surface area contributed by atoms with Gasteiger partial charge in [-0.05, 0) is 18.5 Å². The van der Waals surface area contributed by atoms with Crippen molar-refractivity contribution in [3.63, 3.8) is 0 Å². The van der Waals surface area contributed by atoms with Crippen molar-refractivity contribution in [2.45, 2.75) is 32.9 Å². The van der Waals surface area contributed by atoms with E-state index >= 15 is 0 Å². The maximum absolute atomic E-state index is 12.4. The monoisotopic (exact) mass is 382 g/mol. The standard InChI is InChI=1S/C20H34N4O.ClH/c1-4-17(2)19(21)20(25)24-14-12-23(13-15-24)11-10-22(3)16-18-8-6-5-7-9-18;/h5-9,17,19H,4,10-16,21H2,1-3H3;1H. The van der Waals surface area contributed by atoms with Crippen LogP contribution in [0.25, 0.3) is 0 Å². The Labute approximate surface area is 164 Å². The van der Waals surface area contributed by atoms with Gasteiger partial charge in [0.05, 0.1) is 6.04 Å². The molecule has 1 saturated heterocycles. The number of benzene rings is 1. The van der Waals surface area contributed by atoms with Crippen molar-refractivity contribution < 1.29 is 4.79 Å². The molecule has 2 unspecified atom stereocenters. The third kappa shape index (κ3) is 6.88. The molecule has 1 heterocycles. The van der Waals surface area contributed by atoms with Gasteiger partial charge in [-0.1, -0.05) is 50.6 Å². The van der Waals surface area contributed by atoms with E-state index in [0.717, 1.165) is 52.2 Å². The minimum absolute atomic E-state index is 0. The molecule has 1 aromatic rings. The normalized spacial score (nSPS) is 17.7. The molecule has 0 spiro atoms. The van der Waals surface area contributed by atoms with E-state index in [-0.39, 0.29) is 30.3 Å². The van der Waals surface area contributed by atoms with Gasteiger partial charge < -0.3 is 15.5 Å². The maximum Gasteiger partial charge on any atom is 0.239 e. The zero-order chi connectivity index (χ0) is 18.2. The number of nitrogens with two attached hydrogens (primary N) is 1. The number of hydrogen-bond donors (Lipinski definition) is 1. The highest BCUT2D eigenvalue weighted by atomic mass is 35.5. The van der Waals surface area contributed by atoms with E-state index in [9.17, 15) is 4.79 Å². The number of likely N-dealkylation sites (N-methyl/N-ethyl adjacent to an activating group) is 1. The smallest absolute Gasteiger partial charge is 0.239 e. The lowest BCUT2D eigenvalue weighted by Crippen LogP contribution is -2.55. The van der Waals surface area contributed by atoms with E-state index in [4.69, 9.17) is 5.73 Å². The lowest BCUT2D eigenvalue weighted by atomic mass is 9.98. The summed E-state index contributed by atoms with van der Waals surface area (Å²) in [5.41, 5.74) is 7.44. The van der Waals surface area contributed by atoms with Crippen LogP contribution < -0.4 is 5.73 Å². The summed E-state index contributed by atoms with van der Waals surface area (Å²) in [4.78, 5) is 19.2. The second-order valence-electron chi connectivity index (χ2n) is 7.30. The van der Waals surface area contributed by atoms with E-state index < -0.39 is 0 Å². The largest absolute Gasteiger partial charge is 0.339 e. The van der Waals surface area contributed by atoms with E-state index in [2.05, 4.69) is 61.0 Å². The predicted molar refractivity (Wildman–Crippen MR) is 110 cm³/mol. The lowest BCUT2D eigenvalue weighted by Gasteiger charge is -2.37. The van der Waals surface area contributed by atoms with Gasteiger partial charge in [-0.2, -0.15) is 0 Å². The Kier molecular flexibility index (Phi) is 10.2. The number of carbonyl (C=O) groups is 1. The van der Waals surface area contributed by atoms with Crippen LogP contribution in [-0.4, -0.2) is 73.0 Å². The van der Waals surface area contributed by atoms with Crippen LogP contribution in [0.2, 0.25) is 0 Å². The van der Waals surface area contributed by atoms with E-state index in [1.165, 1.54) is 5.56 Å². The molecule has 0 aromatic heterocycles. The second kappa shape index (κ2) is 11.5. The molecule has 6 heteroatoms. The molecule has 26 heavy (non-hydrogen) atoms. The van der Waals surface area contributed by atoms with Gasteiger partial charge in [0.25, 0.3) is 0 Å². The van der Waals surface area contributed by atoms with E-state index in [0.29, 0.717) is 0 Å². The van der Waals surface area contributed by atoms with Crippen LogP contribution in [0.5, 0.6) is 0 Å². The Balaban J connectivity index is 0.00000338. The molecular weight excluding hydrogens is 348 g/mol. The Bertz CT molecular complexity index is 520. The molecule has 0 saturated carbocycles. The molecule has 1 aliphatic heterocycles. The average Bonchev–Trinajstić information content (AvgIpc) is 2.65. The van der Waals surface area contributed by atoms with E-state index in [1.54, 1.807) is 0 Å². The summed E-state index contributed by atoms with van der Waals surface area (Å²) >= 11 is 0. The Morgan fingerprint density at radius 1 is 1.19 bits per heavy atom. The number of hydrogen-bond acceptors (Lipinski definition) is 4. The first-order chi connectivity index (χ1) is 12.0. The van der Waals surface area contributed by atoms with Gasteiger partial charge in [0, 0.05) is 45.8 Å². The summed E-state index contributed by atoms with van der Waals surface area (Å²) in [7, 11) is 2.16. The zero-order valence-corrected chi connectivity index (χ0v) is 17.3. The van der Waals surface area contributed by atoms with Crippen molar-refractivity contribution in [3.8, 4) is 0 Å². The first-order valence-corrected chi connectivity index (χ1v) is 9.50. The summed E-state index contributed by atoms with van der Waals surface area (Å²) in [6.45, 7) is 10.7. The molecule has 1 aliphatic rings. The van der Waals surface area contributed by atoms with Gasteiger partial charge in [0.2, 0.25) is 5.91 Å². The fourth-order valence-electron chi connectivity index (χ4n) is 3.19. The van der Waals surface area contributed by atoms with Crippen molar-refractivity contribution >= 4 is 18.3 Å². The SMILES string of the molecule is CCC(C)C(N)C(=O)N1CCN(CCN(C)Cc2ccccc2)CC1.Cl. The predicted octanol–water partition coefficient (Wildman–Crippen LogP) is 2.06. The van der Waals surface area contributed by atoms with Gasteiger partial charge >= 0.3 is 0 Å². The number of halogens is 1. The van der Waals surface area contributed by atoms with Crippen molar-refractivity contribution in [1.29, 1.82) is 0 Å². The molecule has 1 aromatic carbocycles. The van der Waals surface area contributed by atoms with Crippen molar-refractivity contribution in [3.05, 3.63) is 35.9 Å². The van der Waals surface area contributed by atoms with Gasteiger partial charge in [-0.25, -0.2) is 0 Å². The average molecular weight is 383 g/mol. The molecular formula is C20H35ClN4O. The van der Waals surface area contributed by atoms with E-state index in [1.807, 2.05) is 4.90 Å². The Morgan fingerprint density at radius 2 is 1.81 bits per heavy atom. The number of piperazine rings is 1. The first kappa shape index (κ1) is 22.9. The van der Waals surface area contributed by atoms with Crippen LogP contribution in [0.4, 0.5) is 0 Å². The van der Waals surface area contributed by atoms with Gasteiger partial charge in [-0.3, -0.25) is 9.69 Å². The van der Waals surface area contributed by atoms with Gasteiger partial charge in [0.15, 0.2) is 0 Å². The Morgan fingerprint density at radius 3 is 2.38 bits per heavy atom. The molecule has 2 N–H and O–H groups in total. The summed E-state index contributed by atoms with van der Waals surface area (Å²) in [6.07, 6.45) is 0.945. The van der Waals surface area contributed by atoms with Crippen LogP contribution in [0.3, 0.4) is 0 Å². The molecule has 2 atom stereocenters. The number of carbonyl (C=O) groups excluding carboxylic acids is 1. The van der Waals surface area contributed by atoms with Crippen LogP contribution in [0.1, 0.15) is 25.8 Å². The quantitative estimate of drug-likeness (QED) is 0.747. The van der Waals surface area contributed by atoms with Crippen molar-refractivity contribution in [2.24, 2.45) is 11.7 Å². The molecule has 0 radical (unpaired) electrons. The highest BCUT2D eigenvalue weighted by Gasteiger charge is 2.27. The zero-order valence-electron chi connectivity index (χ0n) is 16.4. The van der Waals surface area contributed by atoms with Crippen LogP contribution >= 0.6 is 12.4 Å². The number of nitrogens with zero attached hydrogens (tertiary/aromatic N) is 3. The summed E-state index contributed by atoms with van der Waals surface area (Å²) in [6, 6.07) is 10.2. The molecule has 0 aliphatic carbocycles. The summed E-state index contributed by atoms with van der Waals surface area (Å²) in [5.74, 6) is 0.368.